The molecule has 2 aliphatic heterocycles. The van der Waals surface area contributed by atoms with Gasteiger partial charge < -0.3 is 19.7 Å². The summed E-state index contributed by atoms with van der Waals surface area (Å²) < 4.78 is 10.6. The van der Waals surface area contributed by atoms with Crippen molar-refractivity contribution in [3.05, 3.63) is 35.8 Å². The van der Waals surface area contributed by atoms with Gasteiger partial charge in [0.2, 0.25) is 6.79 Å². The number of ether oxygens (including phenoxy) is 2. The van der Waals surface area contributed by atoms with Crippen LogP contribution in [0.3, 0.4) is 0 Å². The third-order valence-corrected chi connectivity index (χ3v) is 4.37. The molecule has 1 amide bonds. The fourth-order valence-electron chi connectivity index (χ4n) is 3.12. The van der Waals surface area contributed by atoms with Crippen LogP contribution in [0.1, 0.15) is 35.6 Å². The molecule has 1 aromatic heterocycles. The monoisotopic (exact) mass is 340 g/mol. The molecule has 0 bridgehead atoms. The van der Waals surface area contributed by atoms with Crippen LogP contribution in [0.25, 0.3) is 0 Å². The van der Waals surface area contributed by atoms with Crippen molar-refractivity contribution in [1.82, 2.24) is 9.97 Å². The van der Waals surface area contributed by atoms with E-state index >= 15 is 0 Å². The number of anilines is 2. The van der Waals surface area contributed by atoms with Crippen molar-refractivity contribution in [2.24, 2.45) is 0 Å². The molecule has 7 nitrogen and oxygen atoms in total. The number of benzene rings is 1. The number of rotatable bonds is 3. The van der Waals surface area contributed by atoms with E-state index in [2.05, 4.69) is 20.2 Å². The Morgan fingerprint density at radius 3 is 2.72 bits per heavy atom. The summed E-state index contributed by atoms with van der Waals surface area (Å²) in [4.78, 5) is 23.6. The molecule has 0 saturated carbocycles. The number of nitrogens with one attached hydrogen (secondary N) is 1. The van der Waals surface area contributed by atoms with Gasteiger partial charge in [-0.05, 0) is 38.3 Å². The highest BCUT2D eigenvalue weighted by Crippen LogP contribution is 2.34. The van der Waals surface area contributed by atoms with Crippen LogP contribution in [-0.4, -0.2) is 35.8 Å². The molecule has 1 N–H and O–H groups in total. The zero-order chi connectivity index (χ0) is 17.2. The molecule has 25 heavy (non-hydrogen) atoms. The fraction of sp³-hybridized carbons (Fsp3) is 0.389. The molecule has 4 rings (SSSR count). The van der Waals surface area contributed by atoms with Crippen molar-refractivity contribution < 1.29 is 14.3 Å². The SMILES string of the molecule is Cc1nc(C(=O)Nc2ccc3c(c2)OCO3)cc(N2CCCCC2)n1. The summed E-state index contributed by atoms with van der Waals surface area (Å²) in [6, 6.07) is 7.08. The largest absolute Gasteiger partial charge is 0.454 e. The van der Waals surface area contributed by atoms with Crippen LogP contribution in [0.4, 0.5) is 11.5 Å². The van der Waals surface area contributed by atoms with Crippen molar-refractivity contribution in [2.75, 3.05) is 30.1 Å². The van der Waals surface area contributed by atoms with E-state index in [1.54, 1.807) is 24.3 Å². The second kappa shape index (κ2) is 6.58. The number of hydrogen-bond donors (Lipinski definition) is 1. The average Bonchev–Trinajstić information content (AvgIpc) is 3.09. The van der Waals surface area contributed by atoms with Crippen LogP contribution in [-0.2, 0) is 0 Å². The molecule has 2 aromatic rings. The molecule has 2 aliphatic rings. The smallest absolute Gasteiger partial charge is 0.274 e. The van der Waals surface area contributed by atoms with Gasteiger partial charge >= 0.3 is 0 Å². The number of carbonyl (C=O) groups is 1. The highest BCUT2D eigenvalue weighted by atomic mass is 16.7. The molecular weight excluding hydrogens is 320 g/mol. The Morgan fingerprint density at radius 2 is 1.88 bits per heavy atom. The standard InChI is InChI=1S/C18H20N4O3/c1-12-19-14(10-17(20-12)22-7-3-2-4-8-22)18(23)21-13-5-6-15-16(9-13)25-11-24-15/h5-6,9-10H,2-4,7-8,11H2,1H3,(H,21,23). The maximum absolute atomic E-state index is 12.6. The lowest BCUT2D eigenvalue weighted by atomic mass is 10.1. The lowest BCUT2D eigenvalue weighted by Crippen LogP contribution is -2.31. The summed E-state index contributed by atoms with van der Waals surface area (Å²) in [6.07, 6.45) is 3.56. The Labute approximate surface area is 146 Å². The third kappa shape index (κ3) is 3.35. The molecule has 3 heterocycles. The Morgan fingerprint density at radius 1 is 1.08 bits per heavy atom. The first kappa shape index (κ1) is 15.7. The summed E-state index contributed by atoms with van der Waals surface area (Å²) in [7, 11) is 0. The van der Waals surface area contributed by atoms with Gasteiger partial charge in [-0.2, -0.15) is 0 Å². The molecule has 1 fully saturated rings. The molecule has 1 saturated heterocycles. The van der Waals surface area contributed by atoms with Gasteiger partial charge in [0.25, 0.3) is 5.91 Å². The summed E-state index contributed by atoms with van der Waals surface area (Å²) in [5, 5.41) is 2.86. The predicted molar refractivity (Wildman–Crippen MR) is 93.4 cm³/mol. The second-order valence-electron chi connectivity index (χ2n) is 6.23. The predicted octanol–water partition coefficient (Wildman–Crippen LogP) is 2.76. The molecule has 130 valence electrons. The molecule has 0 unspecified atom stereocenters. The first-order valence-electron chi connectivity index (χ1n) is 8.51. The number of fused-ring (bicyclic) bond motifs is 1. The lowest BCUT2D eigenvalue weighted by Gasteiger charge is -2.28. The van der Waals surface area contributed by atoms with Gasteiger partial charge in [0.1, 0.15) is 17.3 Å². The number of hydrogen-bond acceptors (Lipinski definition) is 6. The Bertz CT molecular complexity index is 803. The van der Waals surface area contributed by atoms with Gasteiger partial charge in [-0.1, -0.05) is 0 Å². The van der Waals surface area contributed by atoms with E-state index < -0.39 is 0 Å². The number of piperidine rings is 1. The van der Waals surface area contributed by atoms with Crippen LogP contribution in [0.5, 0.6) is 11.5 Å². The van der Waals surface area contributed by atoms with Gasteiger partial charge in [-0.3, -0.25) is 4.79 Å². The lowest BCUT2D eigenvalue weighted by molar-refractivity contribution is 0.102. The molecule has 0 aliphatic carbocycles. The summed E-state index contributed by atoms with van der Waals surface area (Å²) >= 11 is 0. The number of carbonyl (C=O) groups excluding carboxylic acids is 1. The van der Waals surface area contributed by atoms with E-state index in [1.165, 1.54) is 6.42 Å². The normalized spacial score (nSPS) is 16.0. The summed E-state index contributed by atoms with van der Waals surface area (Å²) in [5.41, 5.74) is 1.01. The van der Waals surface area contributed by atoms with Crippen LogP contribution in [0.2, 0.25) is 0 Å². The molecule has 0 atom stereocenters. The second-order valence-corrected chi connectivity index (χ2v) is 6.23. The zero-order valence-electron chi connectivity index (χ0n) is 14.1. The number of aromatic nitrogens is 2. The highest BCUT2D eigenvalue weighted by molar-refractivity contribution is 6.03. The van der Waals surface area contributed by atoms with Crippen LogP contribution < -0.4 is 19.7 Å². The first-order valence-corrected chi connectivity index (χ1v) is 8.51. The van der Waals surface area contributed by atoms with Crippen LogP contribution >= 0.6 is 0 Å². The van der Waals surface area contributed by atoms with Crippen LogP contribution in [0, 0.1) is 6.92 Å². The van der Waals surface area contributed by atoms with E-state index in [0.29, 0.717) is 28.7 Å². The van der Waals surface area contributed by atoms with Gasteiger partial charge in [-0.25, -0.2) is 9.97 Å². The topological polar surface area (TPSA) is 76.6 Å². The van der Waals surface area contributed by atoms with Crippen molar-refractivity contribution in [2.45, 2.75) is 26.2 Å². The maximum Gasteiger partial charge on any atom is 0.274 e. The average molecular weight is 340 g/mol. The minimum Gasteiger partial charge on any atom is -0.454 e. The van der Waals surface area contributed by atoms with Gasteiger partial charge in [0, 0.05) is 30.9 Å². The molecule has 0 radical (unpaired) electrons. The van der Waals surface area contributed by atoms with E-state index in [-0.39, 0.29) is 12.7 Å². The quantitative estimate of drug-likeness (QED) is 0.926. The van der Waals surface area contributed by atoms with E-state index in [4.69, 9.17) is 9.47 Å². The van der Waals surface area contributed by atoms with Crippen molar-refractivity contribution in [1.29, 1.82) is 0 Å². The number of amides is 1. The van der Waals surface area contributed by atoms with Crippen molar-refractivity contribution >= 4 is 17.4 Å². The minimum absolute atomic E-state index is 0.205. The highest BCUT2D eigenvalue weighted by Gasteiger charge is 2.18. The first-order chi connectivity index (χ1) is 12.2. The number of nitrogens with zero attached hydrogens (tertiary/aromatic N) is 3. The van der Waals surface area contributed by atoms with Gasteiger partial charge in [0.15, 0.2) is 11.5 Å². The Balaban J connectivity index is 1.54. The van der Waals surface area contributed by atoms with Crippen molar-refractivity contribution in [3.63, 3.8) is 0 Å². The molecule has 0 spiro atoms. The van der Waals surface area contributed by atoms with Crippen LogP contribution in [0.15, 0.2) is 24.3 Å². The molecular formula is C18H20N4O3. The van der Waals surface area contributed by atoms with Gasteiger partial charge in [0.05, 0.1) is 0 Å². The third-order valence-electron chi connectivity index (χ3n) is 4.37. The van der Waals surface area contributed by atoms with E-state index in [1.807, 2.05) is 6.92 Å². The molecule has 1 aromatic carbocycles. The van der Waals surface area contributed by atoms with Gasteiger partial charge in [-0.15, -0.1) is 0 Å². The maximum atomic E-state index is 12.6. The number of aryl methyl sites for hydroxylation is 1. The molecule has 7 heteroatoms. The Kier molecular flexibility index (Phi) is 4.13. The fourth-order valence-corrected chi connectivity index (χ4v) is 3.12. The summed E-state index contributed by atoms with van der Waals surface area (Å²) in [5.74, 6) is 2.47. The van der Waals surface area contributed by atoms with Crippen molar-refractivity contribution in [3.8, 4) is 11.5 Å². The van der Waals surface area contributed by atoms with E-state index in [9.17, 15) is 4.79 Å². The zero-order valence-corrected chi connectivity index (χ0v) is 14.1. The van der Waals surface area contributed by atoms with E-state index in [0.717, 1.165) is 31.7 Å². The summed E-state index contributed by atoms with van der Waals surface area (Å²) in [6.45, 7) is 3.96. The minimum atomic E-state index is -0.261. The Hall–Kier alpha value is -2.83.